The number of likely N-dealkylation sites (tertiary alicyclic amines) is 1. The summed E-state index contributed by atoms with van der Waals surface area (Å²) >= 11 is 0. The van der Waals surface area contributed by atoms with Crippen LogP contribution >= 0.6 is 0 Å². The molecule has 0 spiro atoms. The fourth-order valence-corrected chi connectivity index (χ4v) is 2.06. The number of piperidine rings is 1. The number of amides is 1. The van der Waals surface area contributed by atoms with E-state index in [0.717, 1.165) is 32.0 Å². The van der Waals surface area contributed by atoms with E-state index >= 15 is 0 Å². The summed E-state index contributed by atoms with van der Waals surface area (Å²) in [4.78, 5) is 13.4. The van der Waals surface area contributed by atoms with E-state index in [4.69, 9.17) is 4.74 Å². The minimum Gasteiger partial charge on any atom is -0.447 e. The zero-order chi connectivity index (χ0) is 10.1. The molecule has 2 saturated heterocycles. The first kappa shape index (κ1) is 9.77. The van der Waals surface area contributed by atoms with Crippen molar-refractivity contribution in [1.82, 2.24) is 10.2 Å². The molecule has 1 amide bonds. The third-order valence-corrected chi connectivity index (χ3v) is 2.99. The maximum atomic E-state index is 11.6. The van der Waals surface area contributed by atoms with Crippen LogP contribution in [0.5, 0.6) is 0 Å². The van der Waals surface area contributed by atoms with Crippen LogP contribution in [0.15, 0.2) is 0 Å². The Morgan fingerprint density at radius 2 is 2.36 bits per heavy atom. The van der Waals surface area contributed by atoms with Gasteiger partial charge in [-0.15, -0.1) is 0 Å². The summed E-state index contributed by atoms with van der Waals surface area (Å²) in [6.45, 7) is 6.56. The lowest BCUT2D eigenvalue weighted by molar-refractivity contribution is 0.0412. The Bertz CT molecular complexity index is 230. The first-order valence-electron chi connectivity index (χ1n) is 5.36. The highest BCUT2D eigenvalue weighted by atomic mass is 16.6. The number of hydrogen-bond acceptors (Lipinski definition) is 3. The average Bonchev–Trinajstić information content (AvgIpc) is 2.05. The van der Waals surface area contributed by atoms with Crippen molar-refractivity contribution >= 4 is 6.09 Å². The van der Waals surface area contributed by atoms with E-state index in [1.165, 1.54) is 0 Å². The maximum Gasteiger partial charge on any atom is 0.410 e. The molecule has 2 fully saturated rings. The molecule has 0 aromatic carbocycles. The molecule has 2 aliphatic heterocycles. The van der Waals surface area contributed by atoms with E-state index in [-0.39, 0.29) is 12.2 Å². The van der Waals surface area contributed by atoms with Crippen molar-refractivity contribution in [2.75, 3.05) is 19.6 Å². The van der Waals surface area contributed by atoms with Gasteiger partial charge in [-0.05, 0) is 32.7 Å². The van der Waals surface area contributed by atoms with Crippen molar-refractivity contribution in [2.45, 2.75) is 32.4 Å². The Kier molecular flexibility index (Phi) is 2.63. The van der Waals surface area contributed by atoms with E-state index in [1.54, 1.807) is 0 Å². The Labute approximate surface area is 84.6 Å². The van der Waals surface area contributed by atoms with Crippen molar-refractivity contribution < 1.29 is 9.53 Å². The summed E-state index contributed by atoms with van der Waals surface area (Å²) < 4.78 is 5.16. The van der Waals surface area contributed by atoms with Gasteiger partial charge in [-0.3, -0.25) is 0 Å². The molecular formula is C10H18N2O2. The van der Waals surface area contributed by atoms with Gasteiger partial charge in [-0.25, -0.2) is 4.79 Å². The fraction of sp³-hybridized carbons (Fsp3) is 0.900. The lowest BCUT2D eigenvalue weighted by Gasteiger charge is -2.45. The van der Waals surface area contributed by atoms with E-state index in [0.29, 0.717) is 6.04 Å². The minimum absolute atomic E-state index is 0.0189. The number of carbonyl (C=O) groups is 1. The molecule has 0 aromatic heterocycles. The second kappa shape index (κ2) is 3.77. The average molecular weight is 198 g/mol. The normalized spacial score (nSPS) is 30.9. The Morgan fingerprint density at radius 1 is 1.57 bits per heavy atom. The second-order valence-corrected chi connectivity index (χ2v) is 4.44. The largest absolute Gasteiger partial charge is 0.447 e. The molecular weight excluding hydrogens is 180 g/mol. The lowest BCUT2D eigenvalue weighted by Crippen LogP contribution is -2.62. The predicted molar refractivity (Wildman–Crippen MR) is 53.1 cm³/mol. The molecule has 2 unspecified atom stereocenters. The van der Waals surface area contributed by atoms with E-state index in [1.807, 2.05) is 18.7 Å². The highest BCUT2D eigenvalue weighted by Gasteiger charge is 2.37. The minimum atomic E-state index is -0.160. The fourth-order valence-electron chi connectivity index (χ4n) is 2.06. The molecule has 0 saturated carbocycles. The van der Waals surface area contributed by atoms with Gasteiger partial charge in [0.25, 0.3) is 0 Å². The Hall–Kier alpha value is -0.770. The zero-order valence-corrected chi connectivity index (χ0v) is 8.82. The van der Waals surface area contributed by atoms with Crippen LogP contribution in [0.3, 0.4) is 0 Å². The molecule has 0 radical (unpaired) electrons. The summed E-state index contributed by atoms with van der Waals surface area (Å²) in [6, 6.07) is 0.517. The molecule has 80 valence electrons. The molecule has 14 heavy (non-hydrogen) atoms. The molecule has 2 rings (SSSR count). The molecule has 2 atom stereocenters. The Morgan fingerprint density at radius 3 is 2.86 bits per heavy atom. The molecule has 2 heterocycles. The first-order chi connectivity index (χ1) is 6.66. The third-order valence-electron chi connectivity index (χ3n) is 2.99. The van der Waals surface area contributed by atoms with Crippen LogP contribution in [-0.4, -0.2) is 42.8 Å². The van der Waals surface area contributed by atoms with Gasteiger partial charge in [0.1, 0.15) is 0 Å². The van der Waals surface area contributed by atoms with Gasteiger partial charge < -0.3 is 15.0 Å². The predicted octanol–water partition coefficient (Wildman–Crippen LogP) is 0.825. The molecule has 4 nitrogen and oxygen atoms in total. The molecule has 2 aliphatic rings. The molecule has 4 heteroatoms. The highest BCUT2D eigenvalue weighted by molar-refractivity contribution is 5.68. The molecule has 0 aromatic rings. The van der Waals surface area contributed by atoms with Crippen molar-refractivity contribution in [3.05, 3.63) is 0 Å². The number of rotatable bonds is 1. The monoisotopic (exact) mass is 198 g/mol. The van der Waals surface area contributed by atoms with Crippen LogP contribution in [0.2, 0.25) is 0 Å². The van der Waals surface area contributed by atoms with Gasteiger partial charge in [-0.1, -0.05) is 0 Å². The summed E-state index contributed by atoms with van der Waals surface area (Å²) in [5.74, 6) is 0.790. The lowest BCUT2D eigenvalue weighted by atomic mass is 9.85. The zero-order valence-electron chi connectivity index (χ0n) is 8.82. The summed E-state index contributed by atoms with van der Waals surface area (Å²) in [6.07, 6.45) is 0.937. The van der Waals surface area contributed by atoms with Gasteiger partial charge in [-0.2, -0.15) is 0 Å². The van der Waals surface area contributed by atoms with Gasteiger partial charge >= 0.3 is 6.09 Å². The van der Waals surface area contributed by atoms with Crippen LogP contribution in [-0.2, 0) is 4.74 Å². The number of hydrogen-bond donors (Lipinski definition) is 1. The first-order valence-corrected chi connectivity index (χ1v) is 5.36. The highest BCUT2D eigenvalue weighted by Crippen LogP contribution is 2.24. The SMILES string of the molecule is CC(C)OC(=O)N1CCC2CNC2C1. The van der Waals surface area contributed by atoms with Crippen LogP contribution in [0.25, 0.3) is 0 Å². The van der Waals surface area contributed by atoms with Gasteiger partial charge in [0, 0.05) is 19.1 Å². The van der Waals surface area contributed by atoms with Crippen LogP contribution in [0.1, 0.15) is 20.3 Å². The smallest absolute Gasteiger partial charge is 0.410 e. The summed E-state index contributed by atoms with van der Waals surface area (Å²) in [7, 11) is 0. The van der Waals surface area contributed by atoms with Crippen molar-refractivity contribution in [3.8, 4) is 0 Å². The van der Waals surface area contributed by atoms with Crippen molar-refractivity contribution in [3.63, 3.8) is 0 Å². The molecule has 1 N–H and O–H groups in total. The Balaban J connectivity index is 1.83. The van der Waals surface area contributed by atoms with Gasteiger partial charge in [0.15, 0.2) is 0 Å². The number of fused-ring (bicyclic) bond motifs is 1. The summed E-state index contributed by atoms with van der Waals surface area (Å²) in [5, 5.41) is 3.34. The quantitative estimate of drug-likeness (QED) is 0.678. The molecule has 0 bridgehead atoms. The standard InChI is InChI=1S/C10H18N2O2/c1-7(2)14-10(13)12-4-3-8-5-11-9(8)6-12/h7-9,11H,3-6H2,1-2H3. The number of nitrogens with one attached hydrogen (secondary N) is 1. The number of nitrogens with zero attached hydrogens (tertiary/aromatic N) is 1. The number of carbonyl (C=O) groups excluding carboxylic acids is 1. The maximum absolute atomic E-state index is 11.6. The van der Waals surface area contributed by atoms with Crippen LogP contribution in [0.4, 0.5) is 4.79 Å². The second-order valence-electron chi connectivity index (χ2n) is 4.44. The van der Waals surface area contributed by atoms with E-state index < -0.39 is 0 Å². The molecule has 0 aliphatic carbocycles. The number of ether oxygens (including phenoxy) is 1. The van der Waals surface area contributed by atoms with Crippen LogP contribution in [0, 0.1) is 5.92 Å². The van der Waals surface area contributed by atoms with E-state index in [9.17, 15) is 4.79 Å². The van der Waals surface area contributed by atoms with E-state index in [2.05, 4.69) is 5.32 Å². The van der Waals surface area contributed by atoms with Crippen molar-refractivity contribution in [2.24, 2.45) is 5.92 Å². The van der Waals surface area contributed by atoms with Crippen LogP contribution < -0.4 is 5.32 Å². The van der Waals surface area contributed by atoms with Crippen molar-refractivity contribution in [1.29, 1.82) is 0 Å². The summed E-state index contributed by atoms with van der Waals surface area (Å²) in [5.41, 5.74) is 0. The van der Waals surface area contributed by atoms with Gasteiger partial charge in [0.05, 0.1) is 6.10 Å². The van der Waals surface area contributed by atoms with Gasteiger partial charge in [0.2, 0.25) is 0 Å². The topological polar surface area (TPSA) is 41.6 Å². The third kappa shape index (κ3) is 1.85.